The maximum Gasteiger partial charge on any atom is 0.191 e. The molecule has 1 rings (SSSR count). The molecule has 1 unspecified atom stereocenters. The van der Waals surface area contributed by atoms with Crippen LogP contribution in [0.3, 0.4) is 0 Å². The molecule has 0 amide bonds. The van der Waals surface area contributed by atoms with E-state index in [0.29, 0.717) is 24.8 Å². The average molecular weight is 310 g/mol. The van der Waals surface area contributed by atoms with Gasteiger partial charge in [-0.1, -0.05) is 0 Å². The second-order valence-electron chi connectivity index (χ2n) is 6.51. The molecule has 0 saturated heterocycles. The van der Waals surface area contributed by atoms with E-state index in [4.69, 9.17) is 4.42 Å². The van der Waals surface area contributed by atoms with Crippen LogP contribution in [-0.4, -0.2) is 55.2 Å². The number of aliphatic hydroxyl groups is 1. The molecule has 0 radical (unpaired) electrons. The first-order valence-electron chi connectivity index (χ1n) is 7.65. The Kier molecular flexibility index (Phi) is 6.44. The number of guanidine groups is 1. The van der Waals surface area contributed by atoms with Gasteiger partial charge in [0.1, 0.15) is 11.4 Å². The number of furan rings is 1. The predicted molar refractivity (Wildman–Crippen MR) is 90.0 cm³/mol. The van der Waals surface area contributed by atoms with Gasteiger partial charge in [-0.3, -0.25) is 4.99 Å². The van der Waals surface area contributed by atoms with Crippen molar-refractivity contribution in [1.82, 2.24) is 15.5 Å². The monoisotopic (exact) mass is 310 g/mol. The fourth-order valence-corrected chi connectivity index (χ4v) is 1.68. The summed E-state index contributed by atoms with van der Waals surface area (Å²) in [5.74, 6) is 1.22. The number of nitrogens with one attached hydrogen (secondary N) is 2. The second-order valence-corrected chi connectivity index (χ2v) is 6.51. The van der Waals surface area contributed by atoms with E-state index in [1.54, 1.807) is 25.3 Å². The third-order valence-corrected chi connectivity index (χ3v) is 3.83. The molecule has 0 aromatic carbocycles. The lowest BCUT2D eigenvalue weighted by Gasteiger charge is -2.31. The van der Waals surface area contributed by atoms with E-state index in [2.05, 4.69) is 34.4 Å². The van der Waals surface area contributed by atoms with Gasteiger partial charge in [0.05, 0.1) is 19.4 Å². The summed E-state index contributed by atoms with van der Waals surface area (Å²) < 4.78 is 5.28. The number of hydrogen-bond acceptors (Lipinski definition) is 4. The van der Waals surface area contributed by atoms with E-state index in [0.717, 1.165) is 6.54 Å². The van der Waals surface area contributed by atoms with Crippen LogP contribution in [0.25, 0.3) is 0 Å². The first-order chi connectivity index (χ1) is 10.2. The van der Waals surface area contributed by atoms with Crippen LogP contribution in [-0.2, 0) is 5.60 Å². The number of likely N-dealkylation sites (N-methyl/N-ethyl adjacent to an activating group) is 1. The second kappa shape index (κ2) is 7.65. The van der Waals surface area contributed by atoms with Gasteiger partial charge < -0.3 is 25.1 Å². The molecule has 0 aliphatic carbocycles. The predicted octanol–water partition coefficient (Wildman–Crippen LogP) is 1.38. The highest BCUT2D eigenvalue weighted by Gasteiger charge is 2.26. The van der Waals surface area contributed by atoms with Crippen LogP contribution in [0.2, 0.25) is 0 Å². The van der Waals surface area contributed by atoms with Crippen molar-refractivity contribution < 1.29 is 9.52 Å². The Labute approximate surface area is 133 Å². The van der Waals surface area contributed by atoms with Crippen molar-refractivity contribution in [2.24, 2.45) is 4.99 Å². The Morgan fingerprint density at radius 2 is 2.00 bits per heavy atom. The van der Waals surface area contributed by atoms with Crippen LogP contribution in [0, 0.1) is 0 Å². The topological polar surface area (TPSA) is 73.0 Å². The molecule has 3 N–H and O–H groups in total. The van der Waals surface area contributed by atoms with Crippen LogP contribution in [0.4, 0.5) is 0 Å². The van der Waals surface area contributed by atoms with E-state index >= 15 is 0 Å². The Morgan fingerprint density at radius 1 is 1.32 bits per heavy atom. The van der Waals surface area contributed by atoms with Crippen LogP contribution in [0.1, 0.15) is 33.5 Å². The molecule has 1 heterocycles. The van der Waals surface area contributed by atoms with E-state index in [1.165, 1.54) is 0 Å². The smallest absolute Gasteiger partial charge is 0.191 e. The molecule has 22 heavy (non-hydrogen) atoms. The van der Waals surface area contributed by atoms with Crippen LogP contribution >= 0.6 is 0 Å². The Bertz CT molecular complexity index is 465. The van der Waals surface area contributed by atoms with E-state index < -0.39 is 5.60 Å². The van der Waals surface area contributed by atoms with Crippen molar-refractivity contribution in [3.63, 3.8) is 0 Å². The summed E-state index contributed by atoms with van der Waals surface area (Å²) >= 11 is 0. The van der Waals surface area contributed by atoms with Crippen molar-refractivity contribution in [3.05, 3.63) is 24.2 Å². The normalized spacial score (nSPS) is 15.7. The first-order valence-corrected chi connectivity index (χ1v) is 7.65. The molecule has 0 aliphatic rings. The lowest BCUT2D eigenvalue weighted by molar-refractivity contribution is 0.0385. The Balaban J connectivity index is 2.68. The zero-order valence-electron chi connectivity index (χ0n) is 14.6. The fourth-order valence-electron chi connectivity index (χ4n) is 1.68. The third kappa shape index (κ3) is 5.35. The summed E-state index contributed by atoms with van der Waals surface area (Å²) in [6.07, 6.45) is 1.56. The van der Waals surface area contributed by atoms with Gasteiger partial charge in [0, 0.05) is 12.1 Å². The van der Waals surface area contributed by atoms with Crippen molar-refractivity contribution in [1.29, 1.82) is 0 Å². The summed E-state index contributed by atoms with van der Waals surface area (Å²) in [6, 6.07) is 3.53. The minimum atomic E-state index is -1.09. The molecule has 1 aromatic rings. The summed E-state index contributed by atoms with van der Waals surface area (Å²) in [7, 11) is 4.08. The molecule has 0 fully saturated rings. The minimum absolute atomic E-state index is 0.0358. The molecule has 0 aliphatic heterocycles. The highest BCUT2D eigenvalue weighted by Crippen LogP contribution is 2.19. The molecule has 1 aromatic heterocycles. The Hall–Kier alpha value is -1.53. The molecule has 6 nitrogen and oxygen atoms in total. The number of aliphatic imine (C=N–C) groups is 1. The summed E-state index contributed by atoms with van der Waals surface area (Å²) in [5, 5.41) is 16.8. The molecule has 0 bridgehead atoms. The largest absolute Gasteiger partial charge is 0.466 e. The minimum Gasteiger partial charge on any atom is -0.466 e. The fraction of sp³-hybridized carbons (Fsp3) is 0.688. The summed E-state index contributed by atoms with van der Waals surface area (Å²) in [4.78, 5) is 6.74. The van der Waals surface area contributed by atoms with Crippen LogP contribution < -0.4 is 10.6 Å². The third-order valence-electron chi connectivity index (χ3n) is 3.83. The molecule has 1 atom stereocenters. The number of hydrogen-bond donors (Lipinski definition) is 3. The van der Waals surface area contributed by atoms with Gasteiger partial charge in [0.25, 0.3) is 0 Å². The summed E-state index contributed by atoms with van der Waals surface area (Å²) in [5.41, 5.74) is -1.12. The summed E-state index contributed by atoms with van der Waals surface area (Å²) in [6.45, 7) is 9.73. The highest BCUT2D eigenvalue weighted by atomic mass is 16.4. The van der Waals surface area contributed by atoms with Crippen molar-refractivity contribution in [2.75, 3.05) is 33.7 Å². The van der Waals surface area contributed by atoms with E-state index in [9.17, 15) is 5.11 Å². The quantitative estimate of drug-likeness (QED) is 0.524. The van der Waals surface area contributed by atoms with Crippen molar-refractivity contribution in [2.45, 2.75) is 38.8 Å². The van der Waals surface area contributed by atoms with Gasteiger partial charge in [-0.2, -0.15) is 0 Å². The van der Waals surface area contributed by atoms with Crippen molar-refractivity contribution >= 4 is 5.96 Å². The Morgan fingerprint density at radius 3 is 2.50 bits per heavy atom. The molecule has 6 heteroatoms. The van der Waals surface area contributed by atoms with Crippen molar-refractivity contribution in [3.8, 4) is 0 Å². The molecule has 0 saturated carbocycles. The van der Waals surface area contributed by atoms with Gasteiger partial charge in [-0.25, -0.2) is 0 Å². The van der Waals surface area contributed by atoms with Gasteiger partial charge >= 0.3 is 0 Å². The zero-order chi connectivity index (χ0) is 16.8. The molecule has 126 valence electrons. The van der Waals surface area contributed by atoms with E-state index in [1.807, 2.05) is 21.0 Å². The van der Waals surface area contributed by atoms with Gasteiger partial charge in [0.15, 0.2) is 5.96 Å². The molecular formula is C16H30N4O2. The van der Waals surface area contributed by atoms with Gasteiger partial charge in [-0.15, -0.1) is 0 Å². The molecule has 0 spiro atoms. The maximum absolute atomic E-state index is 10.5. The molecular weight excluding hydrogens is 280 g/mol. The lowest BCUT2D eigenvalue weighted by Crippen LogP contribution is -2.46. The van der Waals surface area contributed by atoms with Gasteiger partial charge in [-0.05, 0) is 53.9 Å². The maximum atomic E-state index is 10.5. The van der Waals surface area contributed by atoms with Crippen LogP contribution in [0.15, 0.2) is 27.8 Å². The number of rotatable bonds is 7. The first kappa shape index (κ1) is 18.5. The standard InChI is InChI=1S/C16H30N4O2/c1-7-17-14(18-11-15(2,3)20(5)6)19-12-16(4,21)13-9-8-10-22-13/h8-10,21H,7,11-12H2,1-6H3,(H2,17,18,19). The zero-order valence-corrected chi connectivity index (χ0v) is 14.6. The van der Waals surface area contributed by atoms with Gasteiger partial charge in [0.2, 0.25) is 0 Å². The number of nitrogens with zero attached hydrogens (tertiary/aromatic N) is 2. The SMILES string of the molecule is CCNC(=NCC(C)(C)N(C)C)NCC(C)(O)c1ccco1. The highest BCUT2D eigenvalue weighted by molar-refractivity contribution is 5.79. The lowest BCUT2D eigenvalue weighted by atomic mass is 10.0. The van der Waals surface area contributed by atoms with Crippen LogP contribution in [0.5, 0.6) is 0 Å². The average Bonchev–Trinajstić information content (AvgIpc) is 2.96. The van der Waals surface area contributed by atoms with E-state index in [-0.39, 0.29) is 5.54 Å².